The van der Waals surface area contributed by atoms with Crippen LogP contribution in [0.3, 0.4) is 0 Å². The van der Waals surface area contributed by atoms with E-state index in [1.807, 2.05) is 13.8 Å². The largest absolute Gasteiger partial charge is 0.449 e. The summed E-state index contributed by atoms with van der Waals surface area (Å²) in [4.78, 5) is 25.4. The van der Waals surface area contributed by atoms with E-state index in [-0.39, 0.29) is 5.91 Å². The zero-order valence-corrected chi connectivity index (χ0v) is 11.6. The maximum Gasteiger partial charge on any atom is 0.338 e. The second kappa shape index (κ2) is 6.78. The molecule has 0 aliphatic carbocycles. The number of amides is 1. The van der Waals surface area contributed by atoms with Gasteiger partial charge in [-0.2, -0.15) is 0 Å². The molecule has 0 saturated heterocycles. The third-order valence-electron chi connectivity index (χ3n) is 2.85. The molecular formula is C14H20N2O3. The molecule has 0 aromatic heterocycles. The van der Waals surface area contributed by atoms with Crippen LogP contribution in [0.5, 0.6) is 0 Å². The number of anilines is 1. The number of nitrogens with zero attached hydrogens (tertiary/aromatic N) is 1. The van der Waals surface area contributed by atoms with Gasteiger partial charge in [-0.3, -0.25) is 4.79 Å². The summed E-state index contributed by atoms with van der Waals surface area (Å²) in [5.74, 6) is -0.707. The number of carbonyl (C=O) groups excluding carboxylic acids is 2. The van der Waals surface area contributed by atoms with E-state index in [1.54, 1.807) is 36.1 Å². The summed E-state index contributed by atoms with van der Waals surface area (Å²) in [6, 6.07) is 6.39. The summed E-state index contributed by atoms with van der Waals surface area (Å²) in [5.41, 5.74) is 6.49. The van der Waals surface area contributed by atoms with Crippen molar-refractivity contribution in [1.82, 2.24) is 4.90 Å². The van der Waals surface area contributed by atoms with Crippen molar-refractivity contribution in [2.75, 3.05) is 18.8 Å². The highest BCUT2D eigenvalue weighted by Gasteiger charge is 2.22. The molecule has 0 aliphatic rings. The lowest BCUT2D eigenvalue weighted by molar-refractivity contribution is -0.139. The molecule has 0 fully saturated rings. The van der Waals surface area contributed by atoms with Gasteiger partial charge < -0.3 is 15.4 Å². The van der Waals surface area contributed by atoms with Crippen LogP contribution in [0.25, 0.3) is 0 Å². The average molecular weight is 264 g/mol. The Hall–Kier alpha value is -2.04. The quantitative estimate of drug-likeness (QED) is 0.648. The van der Waals surface area contributed by atoms with Crippen LogP contribution < -0.4 is 5.73 Å². The Morgan fingerprint density at radius 1 is 1.21 bits per heavy atom. The molecule has 1 rings (SSSR count). The predicted molar refractivity (Wildman–Crippen MR) is 73.7 cm³/mol. The van der Waals surface area contributed by atoms with Gasteiger partial charge in [-0.25, -0.2) is 4.79 Å². The van der Waals surface area contributed by atoms with E-state index in [0.29, 0.717) is 24.3 Å². The molecule has 1 aromatic carbocycles. The summed E-state index contributed by atoms with van der Waals surface area (Å²) >= 11 is 0. The van der Waals surface area contributed by atoms with Gasteiger partial charge in [-0.1, -0.05) is 0 Å². The number of likely N-dealkylation sites (N-methyl/N-ethyl adjacent to an activating group) is 1. The van der Waals surface area contributed by atoms with Crippen molar-refractivity contribution in [3.8, 4) is 0 Å². The summed E-state index contributed by atoms with van der Waals surface area (Å²) in [5, 5.41) is 0. The molecule has 0 radical (unpaired) electrons. The van der Waals surface area contributed by atoms with Gasteiger partial charge in [0, 0.05) is 18.8 Å². The van der Waals surface area contributed by atoms with Crippen molar-refractivity contribution >= 4 is 17.6 Å². The van der Waals surface area contributed by atoms with E-state index in [0.717, 1.165) is 0 Å². The fraction of sp³-hybridized carbons (Fsp3) is 0.429. The molecule has 5 heteroatoms. The molecule has 19 heavy (non-hydrogen) atoms. The molecule has 0 bridgehead atoms. The van der Waals surface area contributed by atoms with Crippen LogP contribution in [0.1, 0.15) is 31.1 Å². The van der Waals surface area contributed by atoms with Crippen molar-refractivity contribution in [3.63, 3.8) is 0 Å². The second-order valence-corrected chi connectivity index (χ2v) is 4.18. The highest BCUT2D eigenvalue weighted by atomic mass is 16.5. The Labute approximate surface area is 113 Å². The molecule has 2 N–H and O–H groups in total. The molecule has 104 valence electrons. The van der Waals surface area contributed by atoms with Crippen molar-refractivity contribution < 1.29 is 14.3 Å². The second-order valence-electron chi connectivity index (χ2n) is 4.18. The van der Waals surface area contributed by atoms with E-state index < -0.39 is 12.1 Å². The van der Waals surface area contributed by atoms with Crippen LogP contribution in [0.4, 0.5) is 5.69 Å². The SMILES string of the molecule is CCN(CC)C(=O)C(C)OC(=O)c1ccc(N)cc1. The minimum absolute atomic E-state index is 0.186. The van der Waals surface area contributed by atoms with Crippen LogP contribution in [0.2, 0.25) is 0 Å². The van der Waals surface area contributed by atoms with Gasteiger partial charge in [0.15, 0.2) is 6.10 Å². The fourth-order valence-electron chi connectivity index (χ4n) is 1.69. The van der Waals surface area contributed by atoms with Crippen LogP contribution >= 0.6 is 0 Å². The smallest absolute Gasteiger partial charge is 0.338 e. The number of hydrogen-bond acceptors (Lipinski definition) is 4. The molecule has 1 atom stereocenters. The van der Waals surface area contributed by atoms with Gasteiger partial charge in [0.1, 0.15) is 0 Å². The molecule has 0 saturated carbocycles. The zero-order chi connectivity index (χ0) is 14.4. The number of esters is 1. The molecule has 0 spiro atoms. The minimum Gasteiger partial charge on any atom is -0.449 e. The Balaban J connectivity index is 2.66. The highest BCUT2D eigenvalue weighted by Crippen LogP contribution is 2.09. The monoisotopic (exact) mass is 264 g/mol. The zero-order valence-electron chi connectivity index (χ0n) is 11.6. The van der Waals surface area contributed by atoms with E-state index in [1.165, 1.54) is 0 Å². The number of carbonyl (C=O) groups is 2. The van der Waals surface area contributed by atoms with E-state index >= 15 is 0 Å². The van der Waals surface area contributed by atoms with E-state index in [2.05, 4.69) is 0 Å². The molecule has 0 heterocycles. The average Bonchev–Trinajstić information content (AvgIpc) is 2.40. The predicted octanol–water partition coefficient (Wildman–Crippen LogP) is 1.68. The number of rotatable bonds is 5. The van der Waals surface area contributed by atoms with Crippen LogP contribution in [0.15, 0.2) is 24.3 Å². The minimum atomic E-state index is -0.787. The summed E-state index contributed by atoms with van der Waals surface area (Å²) in [6.45, 7) is 6.54. The van der Waals surface area contributed by atoms with Crippen molar-refractivity contribution in [2.45, 2.75) is 26.9 Å². The molecule has 5 nitrogen and oxygen atoms in total. The Bertz CT molecular complexity index is 439. The van der Waals surface area contributed by atoms with Gasteiger partial charge >= 0.3 is 5.97 Å². The molecule has 1 unspecified atom stereocenters. The topological polar surface area (TPSA) is 72.6 Å². The molecular weight excluding hydrogens is 244 g/mol. The van der Waals surface area contributed by atoms with Crippen molar-refractivity contribution in [2.24, 2.45) is 0 Å². The first-order chi connectivity index (χ1) is 8.99. The third-order valence-corrected chi connectivity index (χ3v) is 2.85. The molecule has 0 aliphatic heterocycles. The number of nitrogen functional groups attached to an aromatic ring is 1. The standard InChI is InChI=1S/C14H20N2O3/c1-4-16(5-2)13(17)10(3)19-14(18)11-6-8-12(15)9-7-11/h6-10H,4-5,15H2,1-3H3. The first-order valence-electron chi connectivity index (χ1n) is 6.34. The Morgan fingerprint density at radius 2 is 1.74 bits per heavy atom. The van der Waals surface area contributed by atoms with Crippen LogP contribution in [-0.4, -0.2) is 36.0 Å². The lowest BCUT2D eigenvalue weighted by Gasteiger charge is -2.22. The number of hydrogen-bond donors (Lipinski definition) is 1. The Morgan fingerprint density at radius 3 is 2.21 bits per heavy atom. The fourth-order valence-corrected chi connectivity index (χ4v) is 1.69. The summed E-state index contributed by atoms with van der Waals surface area (Å²) in [7, 11) is 0. The number of nitrogens with two attached hydrogens (primary N) is 1. The van der Waals surface area contributed by atoms with Crippen molar-refractivity contribution in [1.29, 1.82) is 0 Å². The molecule has 1 aromatic rings. The Kier molecular flexibility index (Phi) is 5.36. The number of benzene rings is 1. The van der Waals surface area contributed by atoms with Gasteiger partial charge in [0.25, 0.3) is 5.91 Å². The normalized spacial score (nSPS) is 11.7. The van der Waals surface area contributed by atoms with Crippen LogP contribution in [-0.2, 0) is 9.53 Å². The summed E-state index contributed by atoms with van der Waals surface area (Å²) in [6.07, 6.45) is -0.787. The summed E-state index contributed by atoms with van der Waals surface area (Å²) < 4.78 is 5.15. The van der Waals surface area contributed by atoms with Gasteiger partial charge in [-0.15, -0.1) is 0 Å². The number of ether oxygens (including phenoxy) is 1. The van der Waals surface area contributed by atoms with Gasteiger partial charge in [0.2, 0.25) is 0 Å². The maximum absolute atomic E-state index is 12.0. The van der Waals surface area contributed by atoms with E-state index in [4.69, 9.17) is 10.5 Å². The highest BCUT2D eigenvalue weighted by molar-refractivity contribution is 5.92. The molecule has 1 amide bonds. The lowest BCUT2D eigenvalue weighted by Crippen LogP contribution is -2.39. The van der Waals surface area contributed by atoms with Gasteiger partial charge in [-0.05, 0) is 45.0 Å². The maximum atomic E-state index is 12.0. The van der Waals surface area contributed by atoms with E-state index in [9.17, 15) is 9.59 Å². The van der Waals surface area contributed by atoms with Gasteiger partial charge in [0.05, 0.1) is 5.56 Å². The third kappa shape index (κ3) is 3.98. The van der Waals surface area contributed by atoms with Crippen molar-refractivity contribution in [3.05, 3.63) is 29.8 Å². The lowest BCUT2D eigenvalue weighted by atomic mass is 10.2. The first-order valence-corrected chi connectivity index (χ1v) is 6.34. The van der Waals surface area contributed by atoms with Crippen LogP contribution in [0, 0.1) is 0 Å². The first kappa shape index (κ1) is 15.0.